The number of piperazine rings is 1. The zero-order chi connectivity index (χ0) is 13.5. The minimum absolute atomic E-state index is 0.155. The predicted molar refractivity (Wildman–Crippen MR) is 76.2 cm³/mol. The summed E-state index contributed by atoms with van der Waals surface area (Å²) in [7, 11) is 0. The van der Waals surface area contributed by atoms with E-state index in [4.69, 9.17) is 4.74 Å². The SMILES string of the molecule is CCOC(=O)N1CCN(CCC2=CCCCC2)CC1. The summed E-state index contributed by atoms with van der Waals surface area (Å²) in [6.07, 6.45) is 8.77. The lowest BCUT2D eigenvalue weighted by Crippen LogP contribution is -2.49. The maximum absolute atomic E-state index is 11.6. The van der Waals surface area contributed by atoms with E-state index in [2.05, 4.69) is 11.0 Å². The van der Waals surface area contributed by atoms with Crippen molar-refractivity contribution in [2.45, 2.75) is 39.0 Å². The van der Waals surface area contributed by atoms with Gasteiger partial charge in [0.1, 0.15) is 0 Å². The maximum atomic E-state index is 11.6. The van der Waals surface area contributed by atoms with Gasteiger partial charge >= 0.3 is 6.09 Å². The van der Waals surface area contributed by atoms with Crippen molar-refractivity contribution in [1.29, 1.82) is 0 Å². The third-order valence-corrected chi connectivity index (χ3v) is 4.03. The first-order chi connectivity index (χ1) is 9.29. The number of allylic oxidation sites excluding steroid dienone is 1. The molecule has 1 amide bonds. The van der Waals surface area contributed by atoms with E-state index >= 15 is 0 Å². The third kappa shape index (κ3) is 4.53. The van der Waals surface area contributed by atoms with Gasteiger partial charge in [0.15, 0.2) is 0 Å². The first-order valence-corrected chi connectivity index (χ1v) is 7.61. The van der Waals surface area contributed by atoms with Crippen LogP contribution >= 0.6 is 0 Å². The van der Waals surface area contributed by atoms with Gasteiger partial charge in [-0.2, -0.15) is 0 Å². The Kier molecular flexibility index (Phi) is 5.70. The van der Waals surface area contributed by atoms with Gasteiger partial charge in [-0.25, -0.2) is 4.79 Å². The van der Waals surface area contributed by atoms with Crippen molar-refractivity contribution in [2.24, 2.45) is 0 Å². The second-order valence-corrected chi connectivity index (χ2v) is 5.39. The average Bonchev–Trinajstić information content (AvgIpc) is 2.47. The molecule has 0 atom stereocenters. The molecule has 4 heteroatoms. The highest BCUT2D eigenvalue weighted by molar-refractivity contribution is 5.67. The second kappa shape index (κ2) is 7.53. The number of rotatable bonds is 4. The fourth-order valence-electron chi connectivity index (χ4n) is 2.80. The van der Waals surface area contributed by atoms with Crippen LogP contribution in [0.2, 0.25) is 0 Å². The Labute approximate surface area is 116 Å². The number of nitrogens with zero attached hydrogens (tertiary/aromatic N) is 2. The molecule has 0 unspecified atom stereocenters. The molecule has 4 nitrogen and oxygen atoms in total. The summed E-state index contributed by atoms with van der Waals surface area (Å²) in [5, 5.41) is 0. The van der Waals surface area contributed by atoms with E-state index in [-0.39, 0.29) is 6.09 Å². The smallest absolute Gasteiger partial charge is 0.409 e. The van der Waals surface area contributed by atoms with E-state index in [0.717, 1.165) is 32.7 Å². The third-order valence-electron chi connectivity index (χ3n) is 4.03. The molecule has 1 aliphatic heterocycles. The van der Waals surface area contributed by atoms with Crippen LogP contribution in [0.3, 0.4) is 0 Å². The molecule has 19 heavy (non-hydrogen) atoms. The zero-order valence-corrected chi connectivity index (χ0v) is 12.1. The van der Waals surface area contributed by atoms with E-state index < -0.39 is 0 Å². The van der Waals surface area contributed by atoms with Crippen LogP contribution in [0.5, 0.6) is 0 Å². The van der Waals surface area contributed by atoms with Crippen molar-refractivity contribution in [1.82, 2.24) is 9.80 Å². The van der Waals surface area contributed by atoms with Gasteiger partial charge in [0, 0.05) is 32.7 Å². The van der Waals surface area contributed by atoms with Gasteiger partial charge in [0.25, 0.3) is 0 Å². The Morgan fingerprint density at radius 2 is 2.05 bits per heavy atom. The van der Waals surface area contributed by atoms with Gasteiger partial charge in [-0.1, -0.05) is 11.6 Å². The van der Waals surface area contributed by atoms with Crippen LogP contribution in [0.25, 0.3) is 0 Å². The van der Waals surface area contributed by atoms with Gasteiger partial charge in [0.2, 0.25) is 0 Å². The summed E-state index contributed by atoms with van der Waals surface area (Å²) in [5.41, 5.74) is 1.64. The van der Waals surface area contributed by atoms with Crippen molar-refractivity contribution >= 4 is 6.09 Å². The Hall–Kier alpha value is -1.03. The number of carbonyl (C=O) groups is 1. The van der Waals surface area contributed by atoms with Crippen molar-refractivity contribution < 1.29 is 9.53 Å². The number of carbonyl (C=O) groups excluding carboxylic acids is 1. The van der Waals surface area contributed by atoms with E-state index in [9.17, 15) is 4.79 Å². The molecule has 1 fully saturated rings. The van der Waals surface area contributed by atoms with Crippen molar-refractivity contribution in [3.8, 4) is 0 Å². The van der Waals surface area contributed by atoms with Crippen LogP contribution < -0.4 is 0 Å². The highest BCUT2D eigenvalue weighted by atomic mass is 16.6. The second-order valence-electron chi connectivity index (χ2n) is 5.39. The fourth-order valence-corrected chi connectivity index (χ4v) is 2.80. The molecule has 0 bridgehead atoms. The number of amides is 1. The molecule has 108 valence electrons. The number of hydrogen-bond donors (Lipinski definition) is 0. The van der Waals surface area contributed by atoms with Crippen LogP contribution in [0.15, 0.2) is 11.6 Å². The Morgan fingerprint density at radius 1 is 1.26 bits per heavy atom. The molecule has 2 rings (SSSR count). The summed E-state index contributed by atoms with van der Waals surface area (Å²) in [4.78, 5) is 15.9. The topological polar surface area (TPSA) is 32.8 Å². The maximum Gasteiger partial charge on any atom is 0.409 e. The first-order valence-electron chi connectivity index (χ1n) is 7.61. The van der Waals surface area contributed by atoms with Crippen molar-refractivity contribution in [3.63, 3.8) is 0 Å². The zero-order valence-electron chi connectivity index (χ0n) is 12.1. The van der Waals surface area contributed by atoms with Gasteiger partial charge < -0.3 is 9.64 Å². The molecule has 0 aromatic rings. The Balaban J connectivity index is 1.65. The number of ether oxygens (including phenoxy) is 1. The predicted octanol–water partition coefficient (Wildman–Crippen LogP) is 2.65. The largest absolute Gasteiger partial charge is 0.450 e. The fraction of sp³-hybridized carbons (Fsp3) is 0.800. The molecule has 0 aromatic heterocycles. The standard InChI is InChI=1S/C15H26N2O2/c1-2-19-15(18)17-12-10-16(11-13-17)9-8-14-6-4-3-5-7-14/h6H,2-5,7-13H2,1H3. The Morgan fingerprint density at radius 3 is 2.68 bits per heavy atom. The van der Waals surface area contributed by atoms with E-state index in [1.165, 1.54) is 32.1 Å². The highest BCUT2D eigenvalue weighted by Crippen LogP contribution is 2.20. The van der Waals surface area contributed by atoms with E-state index in [1.54, 1.807) is 5.57 Å². The van der Waals surface area contributed by atoms with E-state index in [0.29, 0.717) is 6.61 Å². The normalized spacial score (nSPS) is 21.1. The number of hydrogen-bond acceptors (Lipinski definition) is 3. The molecule has 2 aliphatic rings. The van der Waals surface area contributed by atoms with Crippen LogP contribution in [0.4, 0.5) is 4.79 Å². The average molecular weight is 266 g/mol. The lowest BCUT2D eigenvalue weighted by molar-refractivity contribution is 0.0799. The van der Waals surface area contributed by atoms with Crippen LogP contribution in [0, 0.1) is 0 Å². The molecule has 1 saturated heterocycles. The molecule has 1 aliphatic carbocycles. The lowest BCUT2D eigenvalue weighted by atomic mass is 9.97. The summed E-state index contributed by atoms with van der Waals surface area (Å²) in [6.45, 7) is 7.02. The van der Waals surface area contributed by atoms with Gasteiger partial charge in [-0.05, 0) is 39.0 Å². The highest BCUT2D eigenvalue weighted by Gasteiger charge is 2.21. The van der Waals surface area contributed by atoms with Crippen molar-refractivity contribution in [2.75, 3.05) is 39.3 Å². The van der Waals surface area contributed by atoms with Gasteiger partial charge in [0.05, 0.1) is 6.61 Å². The minimum atomic E-state index is -0.155. The van der Waals surface area contributed by atoms with Gasteiger partial charge in [-0.15, -0.1) is 0 Å². The van der Waals surface area contributed by atoms with Gasteiger partial charge in [-0.3, -0.25) is 4.90 Å². The monoisotopic (exact) mass is 266 g/mol. The van der Waals surface area contributed by atoms with Crippen LogP contribution in [-0.2, 0) is 4.74 Å². The first kappa shape index (κ1) is 14.4. The lowest BCUT2D eigenvalue weighted by Gasteiger charge is -2.34. The van der Waals surface area contributed by atoms with Crippen molar-refractivity contribution in [3.05, 3.63) is 11.6 Å². The molecule has 0 radical (unpaired) electrons. The molecular formula is C15H26N2O2. The summed E-state index contributed by atoms with van der Waals surface area (Å²) in [5.74, 6) is 0. The molecule has 0 saturated carbocycles. The summed E-state index contributed by atoms with van der Waals surface area (Å²) >= 11 is 0. The van der Waals surface area contributed by atoms with Crippen LogP contribution in [0.1, 0.15) is 39.0 Å². The van der Waals surface area contributed by atoms with E-state index in [1.807, 2.05) is 11.8 Å². The molecule has 1 heterocycles. The molecule has 0 spiro atoms. The Bertz CT molecular complexity index is 320. The molecule has 0 aromatic carbocycles. The quantitative estimate of drug-likeness (QED) is 0.733. The molecular weight excluding hydrogens is 240 g/mol. The molecule has 0 N–H and O–H groups in total. The summed E-state index contributed by atoms with van der Waals surface area (Å²) < 4.78 is 5.03. The summed E-state index contributed by atoms with van der Waals surface area (Å²) in [6, 6.07) is 0. The van der Waals surface area contributed by atoms with Crippen LogP contribution in [-0.4, -0.2) is 55.2 Å². The minimum Gasteiger partial charge on any atom is -0.450 e.